The van der Waals surface area contributed by atoms with E-state index in [0.29, 0.717) is 19.2 Å². The Labute approximate surface area is 125 Å². The Balaban J connectivity index is 1.85. The van der Waals surface area contributed by atoms with Gasteiger partial charge in [-0.2, -0.15) is 0 Å². The quantitative estimate of drug-likeness (QED) is 0.843. The molecule has 3 rings (SSSR count). The number of nitrogens with zero attached hydrogens (tertiary/aromatic N) is 1. The molecular weight excluding hydrogens is 266 g/mol. The van der Waals surface area contributed by atoms with Gasteiger partial charge in [0.1, 0.15) is 11.4 Å². The van der Waals surface area contributed by atoms with E-state index < -0.39 is 0 Å². The highest BCUT2D eigenvalue weighted by Crippen LogP contribution is 2.38. The molecule has 0 unspecified atom stereocenters. The zero-order valence-corrected chi connectivity index (χ0v) is 12.8. The van der Waals surface area contributed by atoms with Crippen LogP contribution < -0.4 is 10.9 Å². The Morgan fingerprint density at radius 3 is 2.81 bits per heavy atom. The molecular formula is C16H25N3O2. The van der Waals surface area contributed by atoms with E-state index in [1.54, 1.807) is 6.07 Å². The zero-order valence-electron chi connectivity index (χ0n) is 12.8. The summed E-state index contributed by atoms with van der Waals surface area (Å²) < 4.78 is 6.05. The van der Waals surface area contributed by atoms with Gasteiger partial charge in [0.2, 0.25) is 0 Å². The molecule has 2 aliphatic rings. The van der Waals surface area contributed by atoms with Crippen LogP contribution in [0, 0.1) is 0 Å². The van der Waals surface area contributed by atoms with Crippen molar-refractivity contribution in [1.82, 2.24) is 15.3 Å². The second-order valence-electron chi connectivity index (χ2n) is 6.23. The predicted molar refractivity (Wildman–Crippen MR) is 81.1 cm³/mol. The minimum absolute atomic E-state index is 0.0720. The lowest BCUT2D eigenvalue weighted by atomic mass is 9.83. The van der Waals surface area contributed by atoms with E-state index in [4.69, 9.17) is 9.72 Å². The molecule has 2 saturated carbocycles. The maximum atomic E-state index is 12.0. The molecule has 2 aliphatic carbocycles. The van der Waals surface area contributed by atoms with E-state index in [0.717, 1.165) is 37.2 Å². The van der Waals surface area contributed by atoms with Crippen LogP contribution in [-0.4, -0.2) is 22.6 Å². The van der Waals surface area contributed by atoms with Crippen LogP contribution in [0.1, 0.15) is 63.4 Å². The summed E-state index contributed by atoms with van der Waals surface area (Å²) in [4.78, 5) is 19.6. The predicted octanol–water partition coefficient (Wildman–Crippen LogP) is 2.22. The smallest absolute Gasteiger partial charge is 0.251 e. The molecule has 5 heteroatoms. The molecule has 2 N–H and O–H groups in total. The van der Waals surface area contributed by atoms with Crippen molar-refractivity contribution >= 4 is 0 Å². The van der Waals surface area contributed by atoms with Gasteiger partial charge in [-0.3, -0.25) is 4.79 Å². The van der Waals surface area contributed by atoms with Gasteiger partial charge in [0, 0.05) is 25.3 Å². The molecule has 0 atom stereocenters. The Bertz CT molecular complexity index is 525. The SMILES string of the molecule is CCOC1(c2nc(CNC3CC3)cc(=O)[nH]2)CCCCC1. The van der Waals surface area contributed by atoms with E-state index >= 15 is 0 Å². The van der Waals surface area contributed by atoms with Crippen LogP contribution in [0.3, 0.4) is 0 Å². The van der Waals surface area contributed by atoms with Crippen molar-refractivity contribution in [3.63, 3.8) is 0 Å². The molecule has 0 spiro atoms. The monoisotopic (exact) mass is 291 g/mol. The summed E-state index contributed by atoms with van der Waals surface area (Å²) in [6, 6.07) is 2.21. The minimum atomic E-state index is -0.387. The standard InChI is InChI=1S/C16H25N3O2/c1-2-21-16(8-4-3-5-9-16)15-18-13(10-14(20)19-15)11-17-12-6-7-12/h10,12,17H,2-9,11H2,1H3,(H,18,19,20). The largest absolute Gasteiger partial charge is 0.367 e. The zero-order chi connectivity index (χ0) is 14.7. The van der Waals surface area contributed by atoms with E-state index in [9.17, 15) is 4.79 Å². The summed E-state index contributed by atoms with van der Waals surface area (Å²) in [6.45, 7) is 3.32. The van der Waals surface area contributed by atoms with Gasteiger partial charge in [-0.1, -0.05) is 19.3 Å². The van der Waals surface area contributed by atoms with E-state index in [1.807, 2.05) is 6.92 Å². The average Bonchev–Trinajstić information content (AvgIpc) is 3.30. The highest BCUT2D eigenvalue weighted by atomic mass is 16.5. The molecule has 116 valence electrons. The number of hydrogen-bond acceptors (Lipinski definition) is 4. The van der Waals surface area contributed by atoms with Crippen molar-refractivity contribution in [2.24, 2.45) is 0 Å². The molecule has 1 heterocycles. The van der Waals surface area contributed by atoms with Crippen LogP contribution in [0.2, 0.25) is 0 Å². The summed E-state index contributed by atoms with van der Waals surface area (Å²) in [5, 5.41) is 3.42. The number of aromatic nitrogens is 2. The number of rotatable bonds is 6. The molecule has 1 aromatic heterocycles. The van der Waals surface area contributed by atoms with Gasteiger partial charge in [0.15, 0.2) is 0 Å². The number of nitrogens with one attached hydrogen (secondary N) is 2. The normalized spacial score (nSPS) is 21.4. The molecule has 0 saturated heterocycles. The second kappa shape index (κ2) is 6.28. The molecule has 21 heavy (non-hydrogen) atoms. The van der Waals surface area contributed by atoms with Crippen LogP contribution in [-0.2, 0) is 16.9 Å². The maximum Gasteiger partial charge on any atom is 0.251 e. The first-order chi connectivity index (χ1) is 10.2. The van der Waals surface area contributed by atoms with Gasteiger partial charge < -0.3 is 15.0 Å². The number of aromatic amines is 1. The average molecular weight is 291 g/mol. The summed E-state index contributed by atoms with van der Waals surface area (Å²) in [5.74, 6) is 0.726. The Hall–Kier alpha value is -1.20. The molecule has 0 aliphatic heterocycles. The van der Waals surface area contributed by atoms with Crippen LogP contribution in [0.25, 0.3) is 0 Å². The molecule has 2 fully saturated rings. The van der Waals surface area contributed by atoms with E-state index in [-0.39, 0.29) is 11.2 Å². The summed E-state index contributed by atoms with van der Waals surface area (Å²) >= 11 is 0. The fourth-order valence-electron chi connectivity index (χ4n) is 3.20. The maximum absolute atomic E-state index is 12.0. The third kappa shape index (κ3) is 3.52. The third-order valence-electron chi connectivity index (χ3n) is 4.46. The lowest BCUT2D eigenvalue weighted by molar-refractivity contribution is -0.0769. The van der Waals surface area contributed by atoms with Crippen molar-refractivity contribution in [2.45, 2.75) is 70.1 Å². The van der Waals surface area contributed by atoms with Gasteiger partial charge >= 0.3 is 0 Å². The summed E-state index contributed by atoms with van der Waals surface area (Å²) in [6.07, 6.45) is 7.87. The first-order valence-electron chi connectivity index (χ1n) is 8.20. The Morgan fingerprint density at radius 1 is 1.38 bits per heavy atom. The third-order valence-corrected chi connectivity index (χ3v) is 4.46. The molecule has 0 amide bonds. The number of hydrogen-bond donors (Lipinski definition) is 2. The molecule has 0 aromatic carbocycles. The summed E-state index contributed by atoms with van der Waals surface area (Å²) in [5.41, 5.74) is 0.365. The van der Waals surface area contributed by atoms with Gasteiger partial charge in [-0.25, -0.2) is 4.98 Å². The van der Waals surface area contributed by atoms with Crippen molar-refractivity contribution in [3.05, 3.63) is 27.9 Å². The summed E-state index contributed by atoms with van der Waals surface area (Å²) in [7, 11) is 0. The Kier molecular flexibility index (Phi) is 4.40. The van der Waals surface area contributed by atoms with Gasteiger partial charge in [0.05, 0.1) is 5.69 Å². The minimum Gasteiger partial charge on any atom is -0.367 e. The lowest BCUT2D eigenvalue weighted by Gasteiger charge is -2.36. The first-order valence-corrected chi connectivity index (χ1v) is 8.20. The topological polar surface area (TPSA) is 67.0 Å². The van der Waals surface area contributed by atoms with Crippen molar-refractivity contribution < 1.29 is 4.74 Å². The fourth-order valence-corrected chi connectivity index (χ4v) is 3.20. The van der Waals surface area contributed by atoms with Crippen LogP contribution in [0.5, 0.6) is 0 Å². The van der Waals surface area contributed by atoms with Crippen LogP contribution in [0.4, 0.5) is 0 Å². The Morgan fingerprint density at radius 2 is 2.14 bits per heavy atom. The highest BCUT2D eigenvalue weighted by molar-refractivity contribution is 5.10. The molecule has 0 radical (unpaired) electrons. The van der Waals surface area contributed by atoms with Crippen molar-refractivity contribution in [2.75, 3.05) is 6.61 Å². The second-order valence-corrected chi connectivity index (χ2v) is 6.23. The van der Waals surface area contributed by atoms with Gasteiger partial charge in [-0.15, -0.1) is 0 Å². The number of H-pyrrole nitrogens is 1. The molecule has 5 nitrogen and oxygen atoms in total. The lowest BCUT2D eigenvalue weighted by Crippen LogP contribution is -2.36. The van der Waals surface area contributed by atoms with Gasteiger partial charge in [0.25, 0.3) is 5.56 Å². The van der Waals surface area contributed by atoms with Gasteiger partial charge in [-0.05, 0) is 32.6 Å². The first kappa shape index (κ1) is 14.7. The van der Waals surface area contributed by atoms with Crippen LogP contribution in [0.15, 0.2) is 10.9 Å². The van der Waals surface area contributed by atoms with E-state index in [1.165, 1.54) is 19.3 Å². The van der Waals surface area contributed by atoms with Crippen molar-refractivity contribution in [3.8, 4) is 0 Å². The number of ether oxygens (including phenoxy) is 1. The molecule has 1 aromatic rings. The fraction of sp³-hybridized carbons (Fsp3) is 0.750. The van der Waals surface area contributed by atoms with E-state index in [2.05, 4.69) is 10.3 Å². The van der Waals surface area contributed by atoms with Crippen LogP contribution >= 0.6 is 0 Å². The highest BCUT2D eigenvalue weighted by Gasteiger charge is 2.37. The molecule has 0 bridgehead atoms. The van der Waals surface area contributed by atoms with Crippen molar-refractivity contribution in [1.29, 1.82) is 0 Å².